The van der Waals surface area contributed by atoms with Gasteiger partial charge in [0.05, 0.1) is 6.33 Å². The van der Waals surface area contributed by atoms with Crippen LogP contribution in [0.4, 0.5) is 11.5 Å². The van der Waals surface area contributed by atoms with E-state index in [4.69, 9.17) is 0 Å². The molecule has 0 spiro atoms. The molecule has 19 heavy (non-hydrogen) atoms. The number of benzene rings is 1. The molecule has 0 saturated heterocycles. The predicted molar refractivity (Wildman–Crippen MR) is 80.9 cm³/mol. The summed E-state index contributed by atoms with van der Waals surface area (Å²) in [6.07, 6.45) is 3.56. The third-order valence-electron chi connectivity index (χ3n) is 2.84. The van der Waals surface area contributed by atoms with Gasteiger partial charge in [-0.2, -0.15) is 0 Å². The van der Waals surface area contributed by atoms with Crippen molar-refractivity contribution < 1.29 is 0 Å². The molecule has 0 radical (unpaired) electrons. The van der Waals surface area contributed by atoms with Gasteiger partial charge in [0.1, 0.15) is 4.47 Å². The van der Waals surface area contributed by atoms with E-state index < -0.39 is 0 Å². The molecule has 2 rings (SSSR count). The van der Waals surface area contributed by atoms with Crippen molar-refractivity contribution in [1.29, 1.82) is 0 Å². The number of H-pyrrole nitrogens is 1. The van der Waals surface area contributed by atoms with E-state index in [1.165, 1.54) is 6.33 Å². The Kier molecular flexibility index (Phi) is 4.74. The first-order chi connectivity index (χ1) is 9.24. The smallest absolute Gasteiger partial charge is 0.267 e. The van der Waals surface area contributed by atoms with Crippen molar-refractivity contribution in [3.05, 3.63) is 51.5 Å². The molecule has 4 nitrogen and oxygen atoms in total. The van der Waals surface area contributed by atoms with E-state index in [0.717, 1.165) is 25.1 Å². The first-order valence-corrected chi connectivity index (χ1v) is 7.09. The molecule has 5 heteroatoms. The highest BCUT2D eigenvalue weighted by atomic mass is 79.9. The summed E-state index contributed by atoms with van der Waals surface area (Å²) in [6, 6.07) is 9.97. The van der Waals surface area contributed by atoms with E-state index in [2.05, 4.69) is 37.7 Å². The van der Waals surface area contributed by atoms with Crippen LogP contribution in [0.15, 0.2) is 45.9 Å². The molecule has 1 aromatic carbocycles. The van der Waals surface area contributed by atoms with Gasteiger partial charge in [-0.05, 0) is 34.5 Å². The largest absolute Gasteiger partial charge is 0.325 e. The van der Waals surface area contributed by atoms with Crippen molar-refractivity contribution >= 4 is 27.4 Å². The number of aromatic amines is 1. The molecular weight excluding hydrogens is 306 g/mol. The summed E-state index contributed by atoms with van der Waals surface area (Å²) in [5.74, 6) is 0.656. The average molecular weight is 322 g/mol. The number of aromatic nitrogens is 2. The van der Waals surface area contributed by atoms with E-state index in [-0.39, 0.29) is 5.56 Å². The first kappa shape index (κ1) is 13.8. The monoisotopic (exact) mass is 321 g/mol. The van der Waals surface area contributed by atoms with Crippen molar-refractivity contribution in [3.8, 4) is 0 Å². The SMILES string of the molecule is CCCCN(c1ccccc1)c1nc[nH]c(=O)c1Br. The number of hydrogen-bond acceptors (Lipinski definition) is 3. The second kappa shape index (κ2) is 6.52. The molecule has 0 unspecified atom stereocenters. The Morgan fingerprint density at radius 3 is 2.74 bits per heavy atom. The quantitative estimate of drug-likeness (QED) is 0.917. The Morgan fingerprint density at radius 2 is 2.05 bits per heavy atom. The highest BCUT2D eigenvalue weighted by Crippen LogP contribution is 2.27. The molecule has 0 fully saturated rings. The van der Waals surface area contributed by atoms with Crippen LogP contribution in [0.1, 0.15) is 19.8 Å². The van der Waals surface area contributed by atoms with Crippen LogP contribution >= 0.6 is 15.9 Å². The highest BCUT2D eigenvalue weighted by Gasteiger charge is 2.15. The van der Waals surface area contributed by atoms with Crippen LogP contribution in [0, 0.1) is 0 Å². The average Bonchev–Trinajstić information content (AvgIpc) is 2.45. The zero-order valence-electron chi connectivity index (χ0n) is 10.8. The molecule has 100 valence electrons. The zero-order chi connectivity index (χ0) is 13.7. The second-order valence-corrected chi connectivity index (χ2v) is 5.00. The predicted octanol–water partition coefficient (Wildman–Crippen LogP) is 3.47. The standard InChI is InChI=1S/C14H16BrN3O/c1-2-3-9-18(11-7-5-4-6-8-11)13-12(15)14(19)17-10-16-13/h4-8,10H,2-3,9H2,1H3,(H,16,17,19). The summed E-state index contributed by atoms with van der Waals surface area (Å²) >= 11 is 3.32. The Hall–Kier alpha value is -1.62. The maximum atomic E-state index is 11.7. The fourth-order valence-electron chi connectivity index (χ4n) is 1.84. The Labute approximate surface area is 120 Å². The Balaban J connectivity index is 2.43. The summed E-state index contributed by atoms with van der Waals surface area (Å²) in [6.45, 7) is 2.97. The normalized spacial score (nSPS) is 10.4. The minimum atomic E-state index is -0.164. The van der Waals surface area contributed by atoms with Gasteiger partial charge in [-0.15, -0.1) is 0 Å². The topological polar surface area (TPSA) is 49.0 Å². The van der Waals surface area contributed by atoms with Crippen LogP contribution < -0.4 is 10.5 Å². The first-order valence-electron chi connectivity index (χ1n) is 6.29. The lowest BCUT2D eigenvalue weighted by Gasteiger charge is -2.24. The van der Waals surface area contributed by atoms with Gasteiger partial charge in [-0.3, -0.25) is 4.79 Å². The summed E-state index contributed by atoms with van der Waals surface area (Å²) in [4.78, 5) is 20.6. The zero-order valence-corrected chi connectivity index (χ0v) is 12.4. The number of nitrogens with zero attached hydrogens (tertiary/aromatic N) is 2. The lowest BCUT2D eigenvalue weighted by atomic mass is 10.2. The van der Waals surface area contributed by atoms with E-state index in [9.17, 15) is 4.79 Å². The van der Waals surface area contributed by atoms with E-state index in [1.54, 1.807) is 0 Å². The maximum absolute atomic E-state index is 11.7. The van der Waals surface area contributed by atoms with Gasteiger partial charge in [0.25, 0.3) is 5.56 Å². The van der Waals surface area contributed by atoms with Crippen LogP contribution in [0.2, 0.25) is 0 Å². The van der Waals surface area contributed by atoms with Crippen LogP contribution in [0.3, 0.4) is 0 Å². The number of halogens is 1. The van der Waals surface area contributed by atoms with Crippen LogP contribution in [0.5, 0.6) is 0 Å². The second-order valence-electron chi connectivity index (χ2n) is 4.21. The van der Waals surface area contributed by atoms with Crippen molar-refractivity contribution in [2.45, 2.75) is 19.8 Å². The van der Waals surface area contributed by atoms with E-state index in [0.29, 0.717) is 10.3 Å². The van der Waals surface area contributed by atoms with E-state index >= 15 is 0 Å². The molecule has 0 atom stereocenters. The molecule has 0 bridgehead atoms. The van der Waals surface area contributed by atoms with Crippen molar-refractivity contribution in [1.82, 2.24) is 9.97 Å². The van der Waals surface area contributed by atoms with Crippen LogP contribution in [-0.2, 0) is 0 Å². The van der Waals surface area contributed by atoms with Crippen molar-refractivity contribution in [2.75, 3.05) is 11.4 Å². The third-order valence-corrected chi connectivity index (χ3v) is 3.55. The number of nitrogens with one attached hydrogen (secondary N) is 1. The summed E-state index contributed by atoms with van der Waals surface area (Å²) in [7, 11) is 0. The molecular formula is C14H16BrN3O. The minimum Gasteiger partial charge on any atom is -0.325 e. The lowest BCUT2D eigenvalue weighted by molar-refractivity contribution is 0.776. The molecule has 1 aromatic heterocycles. The third kappa shape index (κ3) is 3.23. The fourth-order valence-corrected chi connectivity index (χ4v) is 2.27. The van der Waals surface area contributed by atoms with Crippen LogP contribution in [-0.4, -0.2) is 16.5 Å². The minimum absolute atomic E-state index is 0.164. The van der Waals surface area contributed by atoms with Gasteiger partial charge >= 0.3 is 0 Å². The lowest BCUT2D eigenvalue weighted by Crippen LogP contribution is -2.23. The summed E-state index contributed by atoms with van der Waals surface area (Å²) < 4.78 is 0.468. The Bertz CT molecular complexity index is 583. The Morgan fingerprint density at radius 1 is 1.32 bits per heavy atom. The number of unbranched alkanes of at least 4 members (excludes halogenated alkanes) is 1. The highest BCUT2D eigenvalue weighted by molar-refractivity contribution is 9.10. The molecule has 0 aliphatic heterocycles. The van der Waals surface area contributed by atoms with Gasteiger partial charge in [-0.25, -0.2) is 4.98 Å². The number of anilines is 2. The van der Waals surface area contributed by atoms with Gasteiger partial charge < -0.3 is 9.88 Å². The van der Waals surface area contributed by atoms with E-state index in [1.807, 2.05) is 30.3 Å². The molecule has 0 aliphatic carbocycles. The van der Waals surface area contributed by atoms with Crippen LogP contribution in [0.25, 0.3) is 0 Å². The van der Waals surface area contributed by atoms with Gasteiger partial charge in [-0.1, -0.05) is 31.5 Å². The number of hydrogen-bond donors (Lipinski definition) is 1. The fraction of sp³-hybridized carbons (Fsp3) is 0.286. The molecule has 1 N–H and O–H groups in total. The maximum Gasteiger partial charge on any atom is 0.267 e. The van der Waals surface area contributed by atoms with Crippen molar-refractivity contribution in [3.63, 3.8) is 0 Å². The number of para-hydroxylation sites is 1. The van der Waals surface area contributed by atoms with Gasteiger partial charge in [0, 0.05) is 12.2 Å². The van der Waals surface area contributed by atoms with Gasteiger partial charge in [0.2, 0.25) is 0 Å². The van der Waals surface area contributed by atoms with Gasteiger partial charge in [0.15, 0.2) is 5.82 Å². The molecule has 0 aliphatic rings. The summed E-state index contributed by atoms with van der Waals surface area (Å²) in [5.41, 5.74) is 0.872. The summed E-state index contributed by atoms with van der Waals surface area (Å²) in [5, 5.41) is 0. The molecule has 1 heterocycles. The number of rotatable bonds is 5. The molecule has 2 aromatic rings. The molecule has 0 saturated carbocycles. The van der Waals surface area contributed by atoms with Crippen molar-refractivity contribution in [2.24, 2.45) is 0 Å². The molecule has 0 amide bonds.